The van der Waals surface area contributed by atoms with E-state index in [0.717, 1.165) is 68.6 Å². The molecule has 1 aliphatic carbocycles. The first-order chi connectivity index (χ1) is 31.7. The molecular formula is C58H37N5S. The van der Waals surface area contributed by atoms with Gasteiger partial charge >= 0.3 is 0 Å². The molecule has 6 heteroatoms. The van der Waals surface area contributed by atoms with Crippen LogP contribution in [0.2, 0.25) is 0 Å². The van der Waals surface area contributed by atoms with Gasteiger partial charge in [-0.15, -0.1) is 11.3 Å². The number of pyridine rings is 1. The van der Waals surface area contributed by atoms with Gasteiger partial charge in [-0.05, 0) is 82.6 Å². The number of benzene rings is 8. The number of fused-ring (bicyclic) bond motifs is 3. The van der Waals surface area contributed by atoms with Gasteiger partial charge in [0.2, 0.25) is 5.95 Å². The molecule has 300 valence electrons. The van der Waals surface area contributed by atoms with E-state index in [1.165, 1.54) is 53.2 Å². The maximum Gasteiger partial charge on any atom is 0.238 e. The number of hydrogen-bond donors (Lipinski definition) is 0. The molecule has 13 rings (SSSR count). The summed E-state index contributed by atoms with van der Waals surface area (Å²) in [6.45, 7) is 0. The minimum atomic E-state index is 0.580. The molecule has 0 amide bonds. The van der Waals surface area contributed by atoms with Gasteiger partial charge in [-0.2, -0.15) is 9.97 Å². The van der Waals surface area contributed by atoms with Crippen LogP contribution in [0.5, 0.6) is 0 Å². The van der Waals surface area contributed by atoms with E-state index in [1.54, 1.807) is 0 Å². The van der Waals surface area contributed by atoms with Crippen LogP contribution >= 0.6 is 11.3 Å². The third kappa shape index (κ3) is 6.06. The van der Waals surface area contributed by atoms with Crippen LogP contribution in [0.15, 0.2) is 200 Å². The monoisotopic (exact) mass is 835 g/mol. The normalized spacial score (nSPS) is 12.2. The zero-order valence-electron chi connectivity index (χ0n) is 34.6. The molecule has 0 saturated carbocycles. The first kappa shape index (κ1) is 36.6. The van der Waals surface area contributed by atoms with E-state index in [9.17, 15) is 0 Å². The van der Waals surface area contributed by atoms with Gasteiger partial charge in [-0.3, -0.25) is 4.57 Å². The van der Waals surface area contributed by atoms with Crippen molar-refractivity contribution in [1.29, 1.82) is 0 Å². The van der Waals surface area contributed by atoms with E-state index < -0.39 is 0 Å². The third-order valence-corrected chi connectivity index (χ3v) is 13.9. The fourth-order valence-electron chi connectivity index (χ4n) is 9.72. The molecule has 12 aromatic rings. The Labute approximate surface area is 373 Å². The lowest BCUT2D eigenvalue weighted by Gasteiger charge is -2.17. The Bertz CT molecular complexity index is 3650. The predicted molar refractivity (Wildman–Crippen MR) is 265 cm³/mol. The molecule has 0 saturated heterocycles. The molecule has 1 aliphatic rings. The molecule has 0 radical (unpaired) electrons. The second-order valence-electron chi connectivity index (χ2n) is 16.5. The second-order valence-corrected chi connectivity index (χ2v) is 17.6. The topological polar surface area (TPSA) is 56.5 Å². The molecule has 64 heavy (non-hydrogen) atoms. The zero-order chi connectivity index (χ0) is 42.1. The largest absolute Gasteiger partial charge is 0.278 e. The molecule has 0 unspecified atom stereocenters. The van der Waals surface area contributed by atoms with E-state index >= 15 is 0 Å². The number of hydrogen-bond acceptors (Lipinski definition) is 5. The fourth-order valence-corrected chi connectivity index (χ4v) is 11.0. The average Bonchev–Trinajstić information content (AvgIpc) is 3.93. The average molecular weight is 836 g/mol. The lowest BCUT2D eigenvalue weighted by Crippen LogP contribution is -2.06. The maximum absolute atomic E-state index is 5.41. The molecular weight excluding hydrogens is 799 g/mol. The van der Waals surface area contributed by atoms with Gasteiger partial charge in [-0.1, -0.05) is 164 Å². The van der Waals surface area contributed by atoms with Gasteiger partial charge < -0.3 is 0 Å². The third-order valence-electron chi connectivity index (χ3n) is 12.7. The second kappa shape index (κ2) is 14.8. The number of nitrogens with zero attached hydrogens (tertiary/aromatic N) is 5. The Hall–Kier alpha value is -8.06. The van der Waals surface area contributed by atoms with Gasteiger partial charge in [0.05, 0.1) is 22.4 Å². The van der Waals surface area contributed by atoms with Crippen molar-refractivity contribution < 1.29 is 0 Å². The van der Waals surface area contributed by atoms with Crippen LogP contribution < -0.4 is 0 Å². The summed E-state index contributed by atoms with van der Waals surface area (Å²) in [5.41, 5.74) is 15.3. The van der Waals surface area contributed by atoms with Crippen LogP contribution in [-0.4, -0.2) is 24.5 Å². The predicted octanol–water partition coefficient (Wildman–Crippen LogP) is 14.8. The van der Waals surface area contributed by atoms with Crippen molar-refractivity contribution in [3.63, 3.8) is 0 Å². The minimum absolute atomic E-state index is 0.580. The molecule has 0 aliphatic heterocycles. The van der Waals surface area contributed by atoms with E-state index in [2.05, 4.69) is 168 Å². The van der Waals surface area contributed by atoms with Crippen LogP contribution in [0, 0.1) is 0 Å². The van der Waals surface area contributed by atoms with E-state index in [4.69, 9.17) is 19.9 Å². The number of aryl methyl sites for hydroxylation is 2. The van der Waals surface area contributed by atoms with Crippen molar-refractivity contribution >= 4 is 53.3 Å². The number of thiophene rings is 1. The van der Waals surface area contributed by atoms with Crippen molar-refractivity contribution in [2.45, 2.75) is 12.8 Å². The molecule has 0 atom stereocenters. The number of aromatic nitrogens is 5. The molecule has 4 aromatic heterocycles. The molecule has 4 heterocycles. The highest BCUT2D eigenvalue weighted by molar-refractivity contribution is 7.26. The Kier molecular flexibility index (Phi) is 8.46. The van der Waals surface area contributed by atoms with Crippen molar-refractivity contribution in [3.8, 4) is 73.5 Å². The highest BCUT2D eigenvalue weighted by Gasteiger charge is 2.27. The van der Waals surface area contributed by atoms with Crippen LogP contribution in [-0.2, 0) is 12.8 Å². The smallest absolute Gasteiger partial charge is 0.238 e. The fraction of sp³-hybridized carbons (Fsp3) is 0.0345. The van der Waals surface area contributed by atoms with Crippen LogP contribution in [0.3, 0.4) is 0 Å². The minimum Gasteiger partial charge on any atom is -0.278 e. The SMILES string of the molecule is c1ccc(-c2cc(-c3ccccc3)nc(-c3cc4c5c6c(cc(-c7cccc8c7sc7ccccc78)cc6n(-c6nc(-c7ccccc7)nc(-c7ccccc7)n6)c5c3)CC4)c2)cc1. The van der Waals surface area contributed by atoms with Crippen molar-refractivity contribution in [2.24, 2.45) is 0 Å². The molecule has 0 bridgehead atoms. The summed E-state index contributed by atoms with van der Waals surface area (Å²) in [5, 5.41) is 5.09. The first-order valence-corrected chi connectivity index (χ1v) is 22.6. The van der Waals surface area contributed by atoms with Crippen LogP contribution in [0.4, 0.5) is 0 Å². The highest BCUT2D eigenvalue weighted by Crippen LogP contribution is 2.46. The van der Waals surface area contributed by atoms with E-state index in [-0.39, 0.29) is 0 Å². The van der Waals surface area contributed by atoms with Crippen molar-refractivity contribution in [2.75, 3.05) is 0 Å². The van der Waals surface area contributed by atoms with Gasteiger partial charge in [0.1, 0.15) is 0 Å². The van der Waals surface area contributed by atoms with Gasteiger partial charge in [0.15, 0.2) is 11.6 Å². The van der Waals surface area contributed by atoms with E-state index in [0.29, 0.717) is 17.6 Å². The van der Waals surface area contributed by atoms with Gasteiger partial charge in [0.25, 0.3) is 0 Å². The molecule has 0 spiro atoms. The summed E-state index contributed by atoms with van der Waals surface area (Å²) in [4.78, 5) is 21.3. The molecule has 8 aromatic carbocycles. The molecule has 5 nitrogen and oxygen atoms in total. The Morgan fingerprint density at radius 3 is 1.53 bits per heavy atom. The lowest BCUT2D eigenvalue weighted by molar-refractivity contribution is 0.953. The molecule has 0 N–H and O–H groups in total. The summed E-state index contributed by atoms with van der Waals surface area (Å²) in [7, 11) is 0. The zero-order valence-corrected chi connectivity index (χ0v) is 35.4. The Morgan fingerprint density at radius 2 is 0.891 bits per heavy atom. The van der Waals surface area contributed by atoms with Gasteiger partial charge in [-0.25, -0.2) is 9.97 Å². The van der Waals surface area contributed by atoms with Crippen molar-refractivity contribution in [3.05, 3.63) is 211 Å². The van der Waals surface area contributed by atoms with Crippen LogP contribution in [0.1, 0.15) is 11.1 Å². The van der Waals surface area contributed by atoms with Gasteiger partial charge in [0, 0.05) is 53.2 Å². The first-order valence-electron chi connectivity index (χ1n) is 21.8. The maximum atomic E-state index is 5.41. The van der Waals surface area contributed by atoms with Crippen LogP contribution in [0.25, 0.3) is 115 Å². The Balaban J connectivity index is 1.12. The van der Waals surface area contributed by atoms with E-state index in [1.807, 2.05) is 47.7 Å². The standard InChI is InChI=1S/C58H37N5S/c1-5-16-36(17-6-1)42-32-48(37-18-7-2-8-19-37)59-49(33-42)44-31-41-29-28-40-30-43(45-25-15-26-47-46-24-13-14-27-52(46)64-55(45)47)34-50-53(40)54(41)51(35-44)63(50)58-61-56(38-20-9-3-10-21-38)60-57(62-58)39-22-11-4-12-23-39/h1-27,30-35H,28-29H2. The summed E-state index contributed by atoms with van der Waals surface area (Å²) in [6, 6.07) is 71.1. The highest BCUT2D eigenvalue weighted by atomic mass is 32.1. The summed E-state index contributed by atoms with van der Waals surface area (Å²) >= 11 is 1.87. The number of rotatable bonds is 7. The Morgan fingerprint density at radius 1 is 0.375 bits per heavy atom. The molecule has 0 fully saturated rings. The summed E-state index contributed by atoms with van der Waals surface area (Å²) in [6.07, 6.45) is 1.81. The lowest BCUT2D eigenvalue weighted by atomic mass is 9.87. The quantitative estimate of drug-likeness (QED) is 0.160. The summed E-state index contributed by atoms with van der Waals surface area (Å²) < 4.78 is 4.90. The van der Waals surface area contributed by atoms with Crippen molar-refractivity contribution in [1.82, 2.24) is 24.5 Å². The summed E-state index contributed by atoms with van der Waals surface area (Å²) in [5.74, 6) is 1.83.